The fourth-order valence-electron chi connectivity index (χ4n) is 1.87. The molecule has 0 bridgehead atoms. The molecular weight excluding hydrogens is 242 g/mol. The van der Waals surface area contributed by atoms with Crippen LogP contribution in [0.4, 0.5) is 0 Å². The van der Waals surface area contributed by atoms with Crippen LogP contribution in [0.1, 0.15) is 5.82 Å². The highest BCUT2D eigenvalue weighted by Crippen LogP contribution is 2.19. The van der Waals surface area contributed by atoms with Gasteiger partial charge in [0, 0.05) is 12.1 Å². The van der Waals surface area contributed by atoms with Gasteiger partial charge in [-0.1, -0.05) is 12.1 Å². The van der Waals surface area contributed by atoms with Crippen LogP contribution in [-0.4, -0.2) is 9.97 Å². The van der Waals surface area contributed by atoms with Gasteiger partial charge in [-0.05, 0) is 30.0 Å². The van der Waals surface area contributed by atoms with Gasteiger partial charge in [0.1, 0.15) is 12.9 Å². The molecule has 3 nitrogen and oxygen atoms in total. The zero-order valence-electron chi connectivity index (χ0n) is 10.1. The van der Waals surface area contributed by atoms with E-state index in [-0.39, 0.29) is 0 Å². The lowest BCUT2D eigenvalue weighted by Gasteiger charge is -1.97. The minimum Gasteiger partial charge on any atom is -0.341 e. The number of pyridine rings is 1. The van der Waals surface area contributed by atoms with Crippen molar-refractivity contribution < 1.29 is 4.57 Å². The van der Waals surface area contributed by atoms with Crippen LogP contribution in [0.15, 0.2) is 53.7 Å². The number of hydrogen-bond donors (Lipinski definition) is 1. The summed E-state index contributed by atoms with van der Waals surface area (Å²) >= 11 is 1.78. The second-order valence-corrected chi connectivity index (χ2v) is 5.13. The van der Waals surface area contributed by atoms with Crippen LogP contribution in [0.25, 0.3) is 11.0 Å². The lowest BCUT2D eigenvalue weighted by molar-refractivity contribution is -0.708. The number of para-hydroxylation sites is 2. The smallest absolute Gasteiger partial charge is 0.240 e. The number of benzene rings is 1. The monoisotopic (exact) mass is 256 g/mol. The summed E-state index contributed by atoms with van der Waals surface area (Å²) in [5.41, 5.74) is 2.14. The molecule has 0 radical (unpaired) electrons. The number of nitrogens with zero attached hydrogens (tertiary/aromatic N) is 2. The molecule has 0 aliphatic heterocycles. The van der Waals surface area contributed by atoms with E-state index in [1.54, 1.807) is 11.8 Å². The highest BCUT2D eigenvalue weighted by atomic mass is 32.2. The maximum Gasteiger partial charge on any atom is 0.240 e. The van der Waals surface area contributed by atoms with Crippen molar-refractivity contribution in [2.75, 3.05) is 0 Å². The average molecular weight is 256 g/mol. The molecule has 4 heteroatoms. The molecule has 0 aliphatic carbocycles. The minimum absolute atomic E-state index is 0.854. The van der Waals surface area contributed by atoms with Crippen LogP contribution in [0.2, 0.25) is 0 Å². The third-order valence-electron chi connectivity index (χ3n) is 2.80. The van der Waals surface area contributed by atoms with E-state index >= 15 is 0 Å². The van der Waals surface area contributed by atoms with E-state index in [4.69, 9.17) is 0 Å². The lowest BCUT2D eigenvalue weighted by Crippen LogP contribution is -2.29. The van der Waals surface area contributed by atoms with E-state index in [1.807, 2.05) is 24.3 Å². The first-order valence-corrected chi connectivity index (χ1v) is 6.82. The zero-order valence-corrected chi connectivity index (χ0v) is 10.9. The van der Waals surface area contributed by atoms with Crippen LogP contribution in [0.3, 0.4) is 0 Å². The number of fused-ring (bicyclic) bond motifs is 1. The Kier molecular flexibility index (Phi) is 3.02. The molecule has 3 aromatic rings. The van der Waals surface area contributed by atoms with Crippen LogP contribution in [-0.2, 0) is 12.8 Å². The predicted octanol–water partition coefficient (Wildman–Crippen LogP) is 2.68. The Morgan fingerprint density at radius 1 is 1.17 bits per heavy atom. The second kappa shape index (κ2) is 4.82. The van der Waals surface area contributed by atoms with E-state index in [0.29, 0.717) is 0 Å². The van der Waals surface area contributed by atoms with E-state index in [0.717, 1.165) is 22.6 Å². The van der Waals surface area contributed by atoms with Gasteiger partial charge in [0.15, 0.2) is 6.20 Å². The summed E-state index contributed by atoms with van der Waals surface area (Å²) in [6.45, 7) is 0. The number of aromatic nitrogens is 3. The number of thioether (sulfide) groups is 1. The Labute approximate surface area is 110 Å². The summed E-state index contributed by atoms with van der Waals surface area (Å²) in [4.78, 5) is 7.92. The molecule has 0 saturated carbocycles. The Balaban J connectivity index is 1.79. The summed E-state index contributed by atoms with van der Waals surface area (Å²) in [5, 5.41) is 1.23. The molecule has 0 saturated heterocycles. The van der Waals surface area contributed by atoms with Crippen molar-refractivity contribution in [1.82, 2.24) is 9.97 Å². The highest BCUT2D eigenvalue weighted by molar-refractivity contribution is 7.98. The minimum atomic E-state index is 0.854. The Hall–Kier alpha value is -1.81. The molecule has 0 unspecified atom stereocenters. The summed E-state index contributed by atoms with van der Waals surface area (Å²) in [5.74, 6) is 1.87. The number of rotatable bonds is 3. The van der Waals surface area contributed by atoms with Crippen LogP contribution in [0, 0.1) is 0 Å². The van der Waals surface area contributed by atoms with Gasteiger partial charge in [-0.15, -0.1) is 0 Å². The molecule has 0 aliphatic rings. The van der Waals surface area contributed by atoms with Crippen LogP contribution >= 0.6 is 11.8 Å². The van der Waals surface area contributed by atoms with Crippen molar-refractivity contribution in [2.45, 2.75) is 10.8 Å². The van der Waals surface area contributed by atoms with Gasteiger partial charge in [-0.3, -0.25) is 0 Å². The first-order valence-electron chi connectivity index (χ1n) is 5.84. The van der Waals surface area contributed by atoms with Gasteiger partial charge >= 0.3 is 0 Å². The Bertz CT molecular complexity index is 642. The summed E-state index contributed by atoms with van der Waals surface area (Å²) in [7, 11) is 2.06. The normalized spacial score (nSPS) is 10.9. The molecule has 0 spiro atoms. The summed E-state index contributed by atoms with van der Waals surface area (Å²) < 4.78 is 2.12. The standard InChI is InChI=1S/C14H14N3S/c1-17-9-5-4-8-14(17)18-10-13-15-11-6-2-3-7-12(11)16-13/h2-9H,10H2,1H3,(H,15,16)/q+1. The van der Waals surface area contributed by atoms with Gasteiger partial charge in [0.25, 0.3) is 0 Å². The molecule has 1 N–H and O–H groups in total. The molecule has 2 aromatic heterocycles. The van der Waals surface area contributed by atoms with Gasteiger partial charge in [0.05, 0.1) is 16.8 Å². The summed E-state index contributed by atoms with van der Waals surface area (Å²) in [6.07, 6.45) is 2.06. The van der Waals surface area contributed by atoms with Gasteiger partial charge in [-0.25, -0.2) is 4.98 Å². The molecule has 1 aromatic carbocycles. The van der Waals surface area contributed by atoms with Crippen molar-refractivity contribution in [3.63, 3.8) is 0 Å². The van der Waals surface area contributed by atoms with Gasteiger partial charge < -0.3 is 4.98 Å². The second-order valence-electron chi connectivity index (χ2n) is 4.14. The molecule has 0 atom stereocenters. The molecule has 2 heterocycles. The number of hydrogen-bond acceptors (Lipinski definition) is 2. The van der Waals surface area contributed by atoms with E-state index < -0.39 is 0 Å². The molecule has 0 fully saturated rings. The predicted molar refractivity (Wildman–Crippen MR) is 73.3 cm³/mol. The van der Waals surface area contributed by atoms with Crippen LogP contribution < -0.4 is 4.57 Å². The maximum absolute atomic E-state index is 4.57. The third-order valence-corrected chi connectivity index (χ3v) is 3.94. The van der Waals surface area contributed by atoms with E-state index in [1.165, 1.54) is 5.03 Å². The van der Waals surface area contributed by atoms with E-state index in [2.05, 4.69) is 46.0 Å². The van der Waals surface area contributed by atoms with Gasteiger partial charge in [-0.2, -0.15) is 4.57 Å². The fourth-order valence-corrected chi connectivity index (χ4v) is 2.73. The Morgan fingerprint density at radius 2 is 2.00 bits per heavy atom. The quantitative estimate of drug-likeness (QED) is 0.577. The van der Waals surface area contributed by atoms with Crippen molar-refractivity contribution in [3.05, 3.63) is 54.5 Å². The fraction of sp³-hybridized carbons (Fsp3) is 0.143. The number of imidazole rings is 1. The first-order chi connectivity index (χ1) is 8.83. The molecule has 3 rings (SSSR count). The van der Waals surface area contributed by atoms with Crippen molar-refractivity contribution in [2.24, 2.45) is 7.05 Å². The Morgan fingerprint density at radius 3 is 2.83 bits per heavy atom. The topological polar surface area (TPSA) is 32.6 Å². The zero-order chi connectivity index (χ0) is 12.4. The van der Waals surface area contributed by atoms with Gasteiger partial charge in [0.2, 0.25) is 5.03 Å². The van der Waals surface area contributed by atoms with Crippen molar-refractivity contribution in [1.29, 1.82) is 0 Å². The molecule has 18 heavy (non-hydrogen) atoms. The first kappa shape index (κ1) is 11.3. The largest absolute Gasteiger partial charge is 0.341 e. The van der Waals surface area contributed by atoms with E-state index in [9.17, 15) is 0 Å². The average Bonchev–Trinajstić information content (AvgIpc) is 2.80. The number of aryl methyl sites for hydroxylation is 1. The summed E-state index contributed by atoms with van der Waals surface area (Å²) in [6, 6.07) is 14.3. The highest BCUT2D eigenvalue weighted by Gasteiger charge is 2.08. The van der Waals surface area contributed by atoms with Crippen molar-refractivity contribution >= 4 is 22.8 Å². The number of H-pyrrole nitrogens is 1. The maximum atomic E-state index is 4.57. The number of aromatic amines is 1. The van der Waals surface area contributed by atoms with Crippen LogP contribution in [0.5, 0.6) is 0 Å². The molecule has 0 amide bonds. The molecular formula is C14H14N3S+. The molecule has 90 valence electrons. The number of nitrogens with one attached hydrogen (secondary N) is 1. The van der Waals surface area contributed by atoms with Crippen molar-refractivity contribution in [3.8, 4) is 0 Å². The SMILES string of the molecule is C[n+]1ccccc1SCc1nc2ccccc2[nH]1. The lowest BCUT2D eigenvalue weighted by atomic mass is 10.3. The third kappa shape index (κ3) is 2.24.